The zero-order valence-corrected chi connectivity index (χ0v) is 14.3. The van der Waals surface area contributed by atoms with Crippen molar-refractivity contribution in [1.82, 2.24) is 10.2 Å². The summed E-state index contributed by atoms with van der Waals surface area (Å²) in [6.45, 7) is 5.46. The van der Waals surface area contributed by atoms with Crippen LogP contribution < -0.4 is 11.1 Å². The van der Waals surface area contributed by atoms with Crippen LogP contribution in [0.25, 0.3) is 0 Å². The molecule has 132 valence electrons. The van der Waals surface area contributed by atoms with E-state index in [2.05, 4.69) is 5.32 Å². The number of hydrogen-bond acceptors (Lipinski definition) is 3. The molecule has 5 nitrogen and oxygen atoms in total. The average Bonchev–Trinajstić information content (AvgIpc) is 2.48. The number of primary amides is 1. The topological polar surface area (TPSA) is 75.4 Å². The predicted molar refractivity (Wildman–Crippen MR) is 90.7 cm³/mol. The van der Waals surface area contributed by atoms with Gasteiger partial charge < -0.3 is 11.1 Å². The molecule has 0 aromatic heterocycles. The van der Waals surface area contributed by atoms with Crippen LogP contribution in [0, 0.1) is 11.7 Å². The Hall–Kier alpha value is -1.95. The zero-order chi connectivity index (χ0) is 17.7. The van der Waals surface area contributed by atoms with Gasteiger partial charge in [-0.05, 0) is 57.4 Å². The monoisotopic (exact) mass is 335 g/mol. The molecule has 1 atom stereocenters. The quantitative estimate of drug-likeness (QED) is 0.826. The molecule has 1 fully saturated rings. The Morgan fingerprint density at radius 2 is 2.00 bits per heavy atom. The molecule has 0 unspecified atom stereocenters. The second-order valence-corrected chi connectivity index (χ2v) is 7.22. The van der Waals surface area contributed by atoms with Gasteiger partial charge in [0.05, 0.1) is 12.5 Å². The number of carbonyl (C=O) groups is 2. The first-order valence-corrected chi connectivity index (χ1v) is 8.32. The Kier molecular flexibility index (Phi) is 5.94. The van der Waals surface area contributed by atoms with E-state index in [1.165, 1.54) is 12.1 Å². The van der Waals surface area contributed by atoms with Gasteiger partial charge in [-0.25, -0.2) is 4.39 Å². The van der Waals surface area contributed by atoms with Crippen molar-refractivity contribution >= 4 is 11.8 Å². The number of rotatable bonds is 6. The minimum atomic E-state index is -0.430. The average molecular weight is 335 g/mol. The number of halogens is 1. The summed E-state index contributed by atoms with van der Waals surface area (Å²) >= 11 is 0. The number of nitrogens with one attached hydrogen (secondary N) is 1. The van der Waals surface area contributed by atoms with Gasteiger partial charge in [-0.2, -0.15) is 0 Å². The van der Waals surface area contributed by atoms with E-state index in [-0.39, 0.29) is 30.1 Å². The molecule has 1 saturated heterocycles. The molecule has 0 bridgehead atoms. The number of amides is 2. The van der Waals surface area contributed by atoms with Gasteiger partial charge in [0.15, 0.2) is 0 Å². The van der Waals surface area contributed by atoms with E-state index in [0.29, 0.717) is 13.0 Å². The summed E-state index contributed by atoms with van der Waals surface area (Å²) in [7, 11) is 0. The van der Waals surface area contributed by atoms with Gasteiger partial charge in [0.2, 0.25) is 11.8 Å². The van der Waals surface area contributed by atoms with Gasteiger partial charge in [-0.15, -0.1) is 0 Å². The molecular formula is C18H26FN3O2. The Balaban J connectivity index is 1.91. The normalized spacial score (nSPS) is 19.0. The summed E-state index contributed by atoms with van der Waals surface area (Å²) < 4.78 is 13.0. The number of nitrogens with two attached hydrogens (primary N) is 1. The summed E-state index contributed by atoms with van der Waals surface area (Å²) in [6.07, 6.45) is 2.31. The summed E-state index contributed by atoms with van der Waals surface area (Å²) in [5.74, 6) is -0.771. The molecule has 1 aliphatic heterocycles. The molecule has 6 heteroatoms. The second-order valence-electron chi connectivity index (χ2n) is 7.22. The first-order valence-electron chi connectivity index (χ1n) is 8.32. The van der Waals surface area contributed by atoms with Crippen LogP contribution in [0.1, 0.15) is 32.3 Å². The molecule has 1 heterocycles. The van der Waals surface area contributed by atoms with Crippen molar-refractivity contribution in [2.75, 3.05) is 19.6 Å². The van der Waals surface area contributed by atoms with Gasteiger partial charge >= 0.3 is 0 Å². The molecule has 24 heavy (non-hydrogen) atoms. The van der Waals surface area contributed by atoms with Crippen LogP contribution in [0.15, 0.2) is 24.3 Å². The lowest BCUT2D eigenvalue weighted by molar-refractivity contribution is -0.129. The maximum Gasteiger partial charge on any atom is 0.231 e. The number of nitrogens with zero attached hydrogens (tertiary/aromatic N) is 1. The Morgan fingerprint density at radius 3 is 2.62 bits per heavy atom. The minimum Gasteiger partial charge on any atom is -0.369 e. The van der Waals surface area contributed by atoms with Crippen molar-refractivity contribution in [2.24, 2.45) is 11.7 Å². The maximum atomic E-state index is 13.0. The third-order valence-electron chi connectivity index (χ3n) is 4.28. The van der Waals surface area contributed by atoms with E-state index in [9.17, 15) is 14.0 Å². The van der Waals surface area contributed by atoms with Crippen LogP contribution in [0.2, 0.25) is 0 Å². The standard InChI is InChI=1S/C18H26FN3O2/c1-18(2,10-13-5-7-15(19)8-6-13)21-17(24)14-4-3-9-22(11-14)12-16(20)23/h5-8,14H,3-4,9-12H2,1-2H3,(H2,20,23)(H,21,24)/t14-/m0/s1. The molecule has 0 saturated carbocycles. The molecule has 0 spiro atoms. The molecule has 2 rings (SSSR count). The van der Waals surface area contributed by atoms with E-state index >= 15 is 0 Å². The fourth-order valence-corrected chi connectivity index (χ4v) is 3.23. The first-order chi connectivity index (χ1) is 11.2. The lowest BCUT2D eigenvalue weighted by Crippen LogP contribution is -2.51. The number of benzene rings is 1. The van der Waals surface area contributed by atoms with E-state index in [1.54, 1.807) is 12.1 Å². The van der Waals surface area contributed by atoms with Gasteiger partial charge in [-0.3, -0.25) is 14.5 Å². The summed E-state index contributed by atoms with van der Waals surface area (Å²) in [5, 5.41) is 3.09. The van der Waals surface area contributed by atoms with Crippen molar-refractivity contribution in [3.05, 3.63) is 35.6 Å². The van der Waals surface area contributed by atoms with Crippen LogP contribution in [-0.4, -0.2) is 41.9 Å². The lowest BCUT2D eigenvalue weighted by Gasteiger charge is -2.34. The predicted octanol–water partition coefficient (Wildman–Crippen LogP) is 1.46. The van der Waals surface area contributed by atoms with Crippen molar-refractivity contribution < 1.29 is 14.0 Å². The minimum absolute atomic E-state index is 0.00344. The molecule has 3 N–H and O–H groups in total. The maximum absolute atomic E-state index is 13.0. The second kappa shape index (κ2) is 7.75. The highest BCUT2D eigenvalue weighted by Gasteiger charge is 2.30. The Labute approximate surface area is 142 Å². The van der Waals surface area contributed by atoms with Crippen molar-refractivity contribution in [3.63, 3.8) is 0 Å². The Morgan fingerprint density at radius 1 is 1.33 bits per heavy atom. The van der Waals surface area contributed by atoms with Crippen molar-refractivity contribution in [1.29, 1.82) is 0 Å². The zero-order valence-electron chi connectivity index (χ0n) is 14.3. The third kappa shape index (κ3) is 5.60. The fraction of sp³-hybridized carbons (Fsp3) is 0.556. The van der Waals surface area contributed by atoms with E-state index < -0.39 is 5.54 Å². The fourth-order valence-electron chi connectivity index (χ4n) is 3.23. The highest BCUT2D eigenvalue weighted by Crippen LogP contribution is 2.19. The van der Waals surface area contributed by atoms with E-state index in [4.69, 9.17) is 5.73 Å². The smallest absolute Gasteiger partial charge is 0.231 e. The van der Waals surface area contributed by atoms with Crippen molar-refractivity contribution in [3.8, 4) is 0 Å². The highest BCUT2D eigenvalue weighted by atomic mass is 19.1. The molecule has 1 aliphatic rings. The Bertz CT molecular complexity index is 586. The van der Waals surface area contributed by atoms with Crippen LogP contribution in [0.3, 0.4) is 0 Å². The molecule has 1 aromatic carbocycles. The molecule has 0 radical (unpaired) electrons. The summed E-state index contributed by atoms with van der Waals surface area (Å²) in [5.41, 5.74) is 5.78. The summed E-state index contributed by atoms with van der Waals surface area (Å²) in [6, 6.07) is 6.32. The van der Waals surface area contributed by atoms with Crippen LogP contribution in [-0.2, 0) is 16.0 Å². The third-order valence-corrected chi connectivity index (χ3v) is 4.28. The largest absolute Gasteiger partial charge is 0.369 e. The molecule has 1 aromatic rings. The molecule has 2 amide bonds. The van der Waals surface area contributed by atoms with Gasteiger partial charge in [0, 0.05) is 12.1 Å². The van der Waals surface area contributed by atoms with Gasteiger partial charge in [0.1, 0.15) is 5.82 Å². The van der Waals surface area contributed by atoms with Gasteiger partial charge in [0.25, 0.3) is 0 Å². The van der Waals surface area contributed by atoms with Crippen molar-refractivity contribution in [2.45, 2.75) is 38.6 Å². The number of likely N-dealkylation sites (tertiary alicyclic amines) is 1. The van der Waals surface area contributed by atoms with Crippen LogP contribution in [0.5, 0.6) is 0 Å². The first kappa shape index (κ1) is 18.4. The van der Waals surface area contributed by atoms with E-state index in [0.717, 1.165) is 24.9 Å². The highest BCUT2D eigenvalue weighted by molar-refractivity contribution is 5.80. The molecular weight excluding hydrogens is 309 g/mol. The number of carbonyl (C=O) groups excluding carboxylic acids is 2. The SMILES string of the molecule is CC(C)(Cc1ccc(F)cc1)NC(=O)[C@H]1CCCN(CC(N)=O)C1. The van der Waals surface area contributed by atoms with Crippen LogP contribution in [0.4, 0.5) is 4.39 Å². The summed E-state index contributed by atoms with van der Waals surface area (Å²) in [4.78, 5) is 25.6. The number of piperidine rings is 1. The molecule has 0 aliphatic carbocycles. The van der Waals surface area contributed by atoms with Crippen LogP contribution >= 0.6 is 0 Å². The van der Waals surface area contributed by atoms with E-state index in [1.807, 2.05) is 18.7 Å². The number of hydrogen-bond donors (Lipinski definition) is 2. The lowest BCUT2D eigenvalue weighted by atomic mass is 9.92. The van der Waals surface area contributed by atoms with Gasteiger partial charge in [-0.1, -0.05) is 12.1 Å².